The summed E-state index contributed by atoms with van der Waals surface area (Å²) < 4.78 is 42.7. The summed E-state index contributed by atoms with van der Waals surface area (Å²) in [5.41, 5.74) is -0.0949. The second-order valence-corrected chi connectivity index (χ2v) is 9.86. The molecule has 2 aliphatic carbocycles. The molecule has 2 saturated carbocycles. The molecule has 1 unspecified atom stereocenters. The van der Waals surface area contributed by atoms with Gasteiger partial charge in [0.2, 0.25) is 0 Å². The number of aliphatic hydroxyl groups is 1. The molecule has 1 amide bonds. The van der Waals surface area contributed by atoms with Crippen LogP contribution in [0.4, 0.5) is 13.2 Å². The number of hydrogen-bond acceptors (Lipinski definition) is 4. The number of hydrogen-bond donors (Lipinski definition) is 1. The van der Waals surface area contributed by atoms with Crippen molar-refractivity contribution in [3.8, 4) is 0 Å². The summed E-state index contributed by atoms with van der Waals surface area (Å²) in [5, 5.41) is 9.72. The zero-order chi connectivity index (χ0) is 23.5. The minimum Gasteiger partial charge on any atom is -0.393 e. The van der Waals surface area contributed by atoms with E-state index in [1.165, 1.54) is 22.6 Å². The number of imidazole rings is 1. The smallest absolute Gasteiger partial charge is 0.393 e. The van der Waals surface area contributed by atoms with Crippen molar-refractivity contribution in [3.63, 3.8) is 0 Å². The maximum atomic E-state index is 13.8. The molecule has 1 aromatic heterocycles. The van der Waals surface area contributed by atoms with E-state index < -0.39 is 17.6 Å². The van der Waals surface area contributed by atoms with Gasteiger partial charge >= 0.3 is 6.18 Å². The molecule has 0 bridgehead atoms. The van der Waals surface area contributed by atoms with Gasteiger partial charge < -0.3 is 14.6 Å². The van der Waals surface area contributed by atoms with Gasteiger partial charge in [0.05, 0.1) is 29.2 Å². The number of fused-ring (bicyclic) bond motifs is 1. The number of carbonyl (C=O) groups excluding carboxylic acids is 2. The first-order valence-electron chi connectivity index (χ1n) is 11.7. The number of carbonyl (C=O) groups is 2. The number of aromatic nitrogens is 2. The number of aryl methyl sites for hydroxylation is 1. The summed E-state index contributed by atoms with van der Waals surface area (Å²) in [7, 11) is 1.43. The SMILES string of the molecule is Cn1c(C(=O)N2CCC(C3CCC(O)CC3)C(=O)C2)nc2cc(C3CC3)cc(C(F)(F)F)c21. The standard InChI is InChI=1S/C24H28F3N3O3/c1-29-21-18(24(25,26)27)10-15(13-2-3-13)11-19(21)28-22(29)23(33)30-9-8-17(20(32)12-30)14-4-6-16(31)7-5-14/h10-11,13-14,16-17,31H,2-9,12H2,1H3. The van der Waals surface area contributed by atoms with Crippen molar-refractivity contribution in [2.45, 2.75) is 63.1 Å². The zero-order valence-corrected chi connectivity index (χ0v) is 18.6. The summed E-state index contributed by atoms with van der Waals surface area (Å²) in [6, 6.07) is 2.85. The summed E-state index contributed by atoms with van der Waals surface area (Å²) in [5.74, 6) is -0.379. The lowest BCUT2D eigenvalue weighted by atomic mass is 9.74. The molecule has 2 aromatic rings. The largest absolute Gasteiger partial charge is 0.418 e. The normalized spacial score (nSPS) is 26.8. The Morgan fingerprint density at radius 2 is 1.79 bits per heavy atom. The topological polar surface area (TPSA) is 75.4 Å². The molecule has 1 aliphatic heterocycles. The van der Waals surface area contributed by atoms with Gasteiger partial charge in [-0.15, -0.1) is 0 Å². The maximum Gasteiger partial charge on any atom is 0.418 e. The highest BCUT2D eigenvalue weighted by atomic mass is 19.4. The first-order valence-corrected chi connectivity index (χ1v) is 11.7. The number of rotatable bonds is 3. The van der Waals surface area contributed by atoms with Crippen LogP contribution in [0.25, 0.3) is 11.0 Å². The van der Waals surface area contributed by atoms with E-state index in [9.17, 15) is 27.9 Å². The molecule has 3 aliphatic rings. The second-order valence-electron chi connectivity index (χ2n) is 9.86. The molecule has 178 valence electrons. The van der Waals surface area contributed by atoms with Crippen LogP contribution in [0.3, 0.4) is 0 Å². The molecule has 0 spiro atoms. The van der Waals surface area contributed by atoms with Crippen molar-refractivity contribution >= 4 is 22.7 Å². The van der Waals surface area contributed by atoms with E-state index in [-0.39, 0.29) is 53.0 Å². The fourth-order valence-corrected chi connectivity index (χ4v) is 5.59. The molecule has 2 heterocycles. The molecule has 1 N–H and O–H groups in total. The second kappa shape index (κ2) is 8.11. The van der Waals surface area contributed by atoms with Crippen molar-refractivity contribution < 1.29 is 27.9 Å². The molecule has 1 aromatic carbocycles. The third-order valence-corrected chi connectivity index (χ3v) is 7.60. The minimum absolute atomic E-state index is 0.0123. The lowest BCUT2D eigenvalue weighted by molar-refractivity contribution is -0.136. The van der Waals surface area contributed by atoms with Gasteiger partial charge in [0.25, 0.3) is 5.91 Å². The predicted molar refractivity (Wildman–Crippen MR) is 115 cm³/mol. The number of halogens is 3. The quantitative estimate of drug-likeness (QED) is 0.745. The van der Waals surface area contributed by atoms with Gasteiger partial charge in [0.1, 0.15) is 0 Å². The Morgan fingerprint density at radius 3 is 2.39 bits per heavy atom. The molecule has 5 rings (SSSR count). The first-order chi connectivity index (χ1) is 15.6. The Labute approximate surface area is 189 Å². The van der Waals surface area contributed by atoms with Gasteiger partial charge in [-0.25, -0.2) is 4.98 Å². The number of Topliss-reactive ketones (excluding diaryl/α,β-unsaturated/α-hetero) is 1. The highest BCUT2D eigenvalue weighted by molar-refractivity contribution is 5.98. The first kappa shape index (κ1) is 22.4. The van der Waals surface area contributed by atoms with E-state index in [4.69, 9.17) is 0 Å². The van der Waals surface area contributed by atoms with Crippen LogP contribution in [0.15, 0.2) is 12.1 Å². The third-order valence-electron chi connectivity index (χ3n) is 7.60. The Morgan fingerprint density at radius 1 is 1.09 bits per heavy atom. The molecule has 1 saturated heterocycles. The van der Waals surface area contributed by atoms with E-state index in [1.807, 2.05) is 0 Å². The predicted octanol–water partition coefficient (Wildman–Crippen LogP) is 4.05. The number of piperidine rings is 1. The van der Waals surface area contributed by atoms with Gasteiger partial charge in [-0.05, 0) is 74.5 Å². The molecule has 9 heteroatoms. The van der Waals surface area contributed by atoms with E-state index >= 15 is 0 Å². The monoisotopic (exact) mass is 463 g/mol. The number of aliphatic hydroxyl groups excluding tert-OH is 1. The van der Waals surface area contributed by atoms with Gasteiger partial charge in [-0.2, -0.15) is 13.2 Å². The highest BCUT2D eigenvalue weighted by Crippen LogP contribution is 2.44. The van der Waals surface area contributed by atoms with Gasteiger partial charge in [0, 0.05) is 19.5 Å². The van der Waals surface area contributed by atoms with Crippen LogP contribution in [0.1, 0.15) is 72.6 Å². The molecule has 1 atom stereocenters. The van der Waals surface area contributed by atoms with Gasteiger partial charge in [-0.1, -0.05) is 0 Å². The molecular formula is C24H28F3N3O3. The lowest BCUT2D eigenvalue weighted by Gasteiger charge is -2.37. The van der Waals surface area contributed by atoms with Crippen LogP contribution in [-0.2, 0) is 18.0 Å². The van der Waals surface area contributed by atoms with Crippen molar-refractivity contribution in [1.82, 2.24) is 14.5 Å². The summed E-state index contributed by atoms with van der Waals surface area (Å²) in [6.07, 6.45) is 0.408. The minimum atomic E-state index is -4.56. The van der Waals surface area contributed by atoms with E-state index in [0.717, 1.165) is 25.7 Å². The van der Waals surface area contributed by atoms with E-state index in [2.05, 4.69) is 4.98 Å². The Bertz CT molecular complexity index is 1100. The summed E-state index contributed by atoms with van der Waals surface area (Å²) >= 11 is 0. The third kappa shape index (κ3) is 4.16. The lowest BCUT2D eigenvalue weighted by Crippen LogP contribution is -2.47. The number of nitrogens with zero attached hydrogens (tertiary/aromatic N) is 3. The Kier molecular flexibility index (Phi) is 5.50. The number of alkyl halides is 3. The number of likely N-dealkylation sites (tertiary alicyclic amines) is 1. The number of amides is 1. The van der Waals surface area contributed by atoms with Crippen molar-refractivity contribution in [2.24, 2.45) is 18.9 Å². The van der Waals surface area contributed by atoms with E-state index in [1.54, 1.807) is 6.07 Å². The van der Waals surface area contributed by atoms with Crippen LogP contribution in [0, 0.1) is 11.8 Å². The maximum absolute atomic E-state index is 13.8. The highest BCUT2D eigenvalue weighted by Gasteiger charge is 2.40. The fourth-order valence-electron chi connectivity index (χ4n) is 5.59. The number of ketones is 1. The average molecular weight is 464 g/mol. The molecule has 33 heavy (non-hydrogen) atoms. The van der Waals surface area contributed by atoms with Crippen LogP contribution < -0.4 is 0 Å². The van der Waals surface area contributed by atoms with Crippen LogP contribution in [0.5, 0.6) is 0 Å². The van der Waals surface area contributed by atoms with Gasteiger partial charge in [-0.3, -0.25) is 9.59 Å². The fraction of sp³-hybridized carbons (Fsp3) is 0.625. The molecule has 6 nitrogen and oxygen atoms in total. The average Bonchev–Trinajstić information content (AvgIpc) is 3.57. The number of benzene rings is 1. The molecule has 3 fully saturated rings. The van der Waals surface area contributed by atoms with E-state index in [0.29, 0.717) is 31.4 Å². The van der Waals surface area contributed by atoms with Gasteiger partial charge in [0.15, 0.2) is 11.6 Å². The van der Waals surface area contributed by atoms with Crippen molar-refractivity contribution in [1.29, 1.82) is 0 Å². The molecule has 0 radical (unpaired) electrons. The van der Waals surface area contributed by atoms with Crippen molar-refractivity contribution in [2.75, 3.05) is 13.1 Å². The zero-order valence-electron chi connectivity index (χ0n) is 18.6. The Balaban J connectivity index is 1.40. The van der Waals surface area contributed by atoms with Crippen LogP contribution in [0.2, 0.25) is 0 Å². The Hall–Kier alpha value is -2.42. The van der Waals surface area contributed by atoms with Crippen LogP contribution >= 0.6 is 0 Å². The van der Waals surface area contributed by atoms with Crippen molar-refractivity contribution in [3.05, 3.63) is 29.1 Å². The summed E-state index contributed by atoms with van der Waals surface area (Å²) in [6.45, 7) is 0.322. The molecular weight excluding hydrogens is 435 g/mol. The summed E-state index contributed by atoms with van der Waals surface area (Å²) in [4.78, 5) is 31.8. The van der Waals surface area contributed by atoms with Crippen LogP contribution in [-0.4, -0.2) is 50.4 Å².